The number of aryl methyl sites for hydroxylation is 1. The molecule has 1 aromatic rings. The standard InChI is InChI=1S/C14H24N4O/c1-11(13-17-16-10-18(13)2)15-9-12-5-8-14(19-12)6-3-4-7-14/h10-12,15H,3-9H2,1-2H3. The summed E-state index contributed by atoms with van der Waals surface area (Å²) in [6.07, 6.45) is 9.77. The maximum Gasteiger partial charge on any atom is 0.149 e. The first kappa shape index (κ1) is 13.1. The molecule has 1 saturated heterocycles. The molecule has 106 valence electrons. The molecular weight excluding hydrogens is 240 g/mol. The summed E-state index contributed by atoms with van der Waals surface area (Å²) < 4.78 is 8.27. The molecule has 5 heteroatoms. The van der Waals surface area contributed by atoms with Crippen LogP contribution in [-0.2, 0) is 11.8 Å². The molecule has 1 aliphatic heterocycles. The average molecular weight is 264 g/mol. The van der Waals surface area contributed by atoms with Crippen LogP contribution < -0.4 is 5.32 Å². The number of nitrogens with one attached hydrogen (secondary N) is 1. The largest absolute Gasteiger partial charge is 0.370 e. The first-order valence-electron chi connectivity index (χ1n) is 7.44. The Morgan fingerprint density at radius 3 is 2.95 bits per heavy atom. The molecule has 1 N–H and O–H groups in total. The van der Waals surface area contributed by atoms with Crippen LogP contribution in [0.2, 0.25) is 0 Å². The van der Waals surface area contributed by atoms with Crippen molar-refractivity contribution in [2.75, 3.05) is 6.54 Å². The van der Waals surface area contributed by atoms with Crippen LogP contribution in [0.15, 0.2) is 6.33 Å². The minimum atomic E-state index is 0.219. The van der Waals surface area contributed by atoms with Crippen LogP contribution >= 0.6 is 0 Å². The Kier molecular flexibility index (Phi) is 3.58. The van der Waals surface area contributed by atoms with Crippen molar-refractivity contribution in [3.8, 4) is 0 Å². The lowest BCUT2D eigenvalue weighted by Crippen LogP contribution is -2.33. The van der Waals surface area contributed by atoms with Gasteiger partial charge in [-0.3, -0.25) is 0 Å². The van der Waals surface area contributed by atoms with E-state index in [0.29, 0.717) is 6.10 Å². The van der Waals surface area contributed by atoms with Crippen molar-refractivity contribution in [1.82, 2.24) is 20.1 Å². The topological polar surface area (TPSA) is 52.0 Å². The van der Waals surface area contributed by atoms with Crippen molar-refractivity contribution in [3.05, 3.63) is 12.2 Å². The number of hydrogen-bond donors (Lipinski definition) is 1. The van der Waals surface area contributed by atoms with Crippen LogP contribution in [0.5, 0.6) is 0 Å². The Morgan fingerprint density at radius 2 is 2.26 bits per heavy atom. The zero-order chi connectivity index (χ0) is 13.3. The summed E-state index contributed by atoms with van der Waals surface area (Å²) in [5.74, 6) is 0.980. The van der Waals surface area contributed by atoms with Crippen molar-refractivity contribution in [1.29, 1.82) is 0 Å². The Hall–Kier alpha value is -0.940. The van der Waals surface area contributed by atoms with Crippen LogP contribution in [-0.4, -0.2) is 33.0 Å². The lowest BCUT2D eigenvalue weighted by atomic mass is 9.98. The molecule has 1 aromatic heterocycles. The van der Waals surface area contributed by atoms with Gasteiger partial charge in [0.2, 0.25) is 0 Å². The molecule has 2 unspecified atom stereocenters. The van der Waals surface area contributed by atoms with Gasteiger partial charge in [0.1, 0.15) is 12.2 Å². The molecule has 2 atom stereocenters. The van der Waals surface area contributed by atoms with Gasteiger partial charge in [0.25, 0.3) is 0 Å². The van der Waals surface area contributed by atoms with Crippen molar-refractivity contribution >= 4 is 0 Å². The molecule has 2 heterocycles. The predicted molar refractivity (Wildman–Crippen MR) is 72.7 cm³/mol. The summed E-state index contributed by atoms with van der Waals surface area (Å²) in [5, 5.41) is 11.6. The van der Waals surface area contributed by atoms with E-state index in [9.17, 15) is 0 Å². The van der Waals surface area contributed by atoms with E-state index in [-0.39, 0.29) is 11.6 Å². The van der Waals surface area contributed by atoms with Crippen molar-refractivity contribution < 1.29 is 4.74 Å². The second-order valence-corrected chi connectivity index (χ2v) is 6.10. The molecule has 2 fully saturated rings. The molecule has 1 aliphatic carbocycles. The van der Waals surface area contributed by atoms with Gasteiger partial charge >= 0.3 is 0 Å². The quantitative estimate of drug-likeness (QED) is 0.903. The van der Waals surface area contributed by atoms with Gasteiger partial charge in [-0.25, -0.2) is 0 Å². The SMILES string of the molecule is CC(NCC1CCC2(CCCC2)O1)c1nncn1C. The molecule has 0 aromatic carbocycles. The summed E-state index contributed by atoms with van der Waals surface area (Å²) in [7, 11) is 1.98. The van der Waals surface area contributed by atoms with Crippen molar-refractivity contribution in [3.63, 3.8) is 0 Å². The van der Waals surface area contributed by atoms with E-state index in [4.69, 9.17) is 4.74 Å². The molecule has 1 saturated carbocycles. The maximum absolute atomic E-state index is 6.30. The third-order valence-electron chi connectivity index (χ3n) is 4.64. The van der Waals surface area contributed by atoms with Crippen LogP contribution in [0.4, 0.5) is 0 Å². The summed E-state index contributed by atoms with van der Waals surface area (Å²) in [6.45, 7) is 3.04. The molecular formula is C14H24N4O. The van der Waals surface area contributed by atoms with Crippen LogP contribution in [0, 0.1) is 0 Å². The monoisotopic (exact) mass is 264 g/mol. The summed E-state index contributed by atoms with van der Waals surface area (Å²) in [5.41, 5.74) is 0.236. The smallest absolute Gasteiger partial charge is 0.149 e. The fourth-order valence-electron chi connectivity index (χ4n) is 3.51. The molecule has 19 heavy (non-hydrogen) atoms. The van der Waals surface area contributed by atoms with Gasteiger partial charge < -0.3 is 14.6 Å². The van der Waals surface area contributed by atoms with Gasteiger partial charge in [-0.2, -0.15) is 0 Å². The highest BCUT2D eigenvalue weighted by Gasteiger charge is 2.41. The van der Waals surface area contributed by atoms with E-state index in [2.05, 4.69) is 22.4 Å². The fraction of sp³-hybridized carbons (Fsp3) is 0.857. The van der Waals surface area contributed by atoms with Crippen LogP contribution in [0.3, 0.4) is 0 Å². The third kappa shape index (κ3) is 2.67. The summed E-state index contributed by atoms with van der Waals surface area (Å²) >= 11 is 0. The molecule has 5 nitrogen and oxygen atoms in total. The average Bonchev–Trinajstić information content (AvgIpc) is 3.11. The lowest BCUT2D eigenvalue weighted by molar-refractivity contribution is -0.0358. The van der Waals surface area contributed by atoms with Gasteiger partial charge in [-0.05, 0) is 32.6 Å². The molecule has 0 radical (unpaired) electrons. The van der Waals surface area contributed by atoms with E-state index < -0.39 is 0 Å². The number of nitrogens with zero attached hydrogens (tertiary/aromatic N) is 3. The van der Waals surface area contributed by atoms with Gasteiger partial charge in [0.05, 0.1) is 17.7 Å². The Morgan fingerprint density at radius 1 is 1.47 bits per heavy atom. The third-order valence-corrected chi connectivity index (χ3v) is 4.64. The van der Waals surface area contributed by atoms with E-state index >= 15 is 0 Å². The van der Waals surface area contributed by atoms with Gasteiger partial charge in [-0.1, -0.05) is 12.8 Å². The molecule has 1 spiro atoms. The zero-order valence-corrected chi connectivity index (χ0v) is 11.9. The minimum absolute atomic E-state index is 0.219. The van der Waals surface area contributed by atoms with Gasteiger partial charge in [0, 0.05) is 13.6 Å². The fourth-order valence-corrected chi connectivity index (χ4v) is 3.51. The van der Waals surface area contributed by atoms with Crippen molar-refractivity contribution in [2.45, 2.75) is 63.2 Å². The Balaban J connectivity index is 1.49. The summed E-state index contributed by atoms with van der Waals surface area (Å²) in [4.78, 5) is 0. The summed E-state index contributed by atoms with van der Waals surface area (Å²) in [6, 6.07) is 0.219. The first-order valence-corrected chi connectivity index (χ1v) is 7.44. The molecule has 2 aliphatic rings. The van der Waals surface area contributed by atoms with Crippen molar-refractivity contribution in [2.24, 2.45) is 7.05 Å². The van der Waals surface area contributed by atoms with Crippen LogP contribution in [0.25, 0.3) is 0 Å². The molecule has 0 amide bonds. The van der Waals surface area contributed by atoms with E-state index in [1.54, 1.807) is 6.33 Å². The highest BCUT2D eigenvalue weighted by Crippen LogP contribution is 2.43. The number of aromatic nitrogens is 3. The molecule has 0 bridgehead atoms. The lowest BCUT2D eigenvalue weighted by Gasteiger charge is -2.24. The Bertz CT molecular complexity index is 425. The van der Waals surface area contributed by atoms with E-state index in [1.807, 2.05) is 11.6 Å². The number of rotatable bonds is 4. The highest BCUT2D eigenvalue weighted by molar-refractivity contribution is 4.95. The highest BCUT2D eigenvalue weighted by atomic mass is 16.5. The Labute approximate surface area is 114 Å². The van der Waals surface area contributed by atoms with Gasteiger partial charge in [0.15, 0.2) is 0 Å². The van der Waals surface area contributed by atoms with Crippen LogP contribution in [0.1, 0.15) is 57.3 Å². The number of ether oxygens (including phenoxy) is 1. The maximum atomic E-state index is 6.30. The predicted octanol–water partition coefficient (Wildman–Crippen LogP) is 1.96. The van der Waals surface area contributed by atoms with Gasteiger partial charge in [-0.15, -0.1) is 10.2 Å². The first-order chi connectivity index (χ1) is 9.19. The van der Waals surface area contributed by atoms with E-state index in [0.717, 1.165) is 12.4 Å². The number of hydrogen-bond acceptors (Lipinski definition) is 4. The molecule has 3 rings (SSSR count). The normalized spacial score (nSPS) is 27.2. The second-order valence-electron chi connectivity index (χ2n) is 6.10. The second kappa shape index (κ2) is 5.21. The zero-order valence-electron chi connectivity index (χ0n) is 11.9. The van der Waals surface area contributed by atoms with E-state index in [1.165, 1.54) is 38.5 Å². The minimum Gasteiger partial charge on any atom is -0.370 e.